The van der Waals surface area contributed by atoms with E-state index in [0.717, 1.165) is 56.7 Å². The highest BCUT2D eigenvalue weighted by molar-refractivity contribution is 5.95. The number of nitrogens with zero attached hydrogens (tertiary/aromatic N) is 5. The van der Waals surface area contributed by atoms with Crippen molar-refractivity contribution in [2.24, 2.45) is 5.92 Å². The van der Waals surface area contributed by atoms with Gasteiger partial charge in [0.2, 0.25) is 5.91 Å². The van der Waals surface area contributed by atoms with Gasteiger partial charge in [0.15, 0.2) is 0 Å². The van der Waals surface area contributed by atoms with Crippen molar-refractivity contribution >= 4 is 11.8 Å². The molecule has 3 aliphatic heterocycles. The van der Waals surface area contributed by atoms with E-state index in [1.807, 2.05) is 22.7 Å². The number of hydrogen-bond donors (Lipinski definition) is 0. The van der Waals surface area contributed by atoms with E-state index in [1.165, 1.54) is 0 Å². The summed E-state index contributed by atoms with van der Waals surface area (Å²) in [6.45, 7) is 7.76. The van der Waals surface area contributed by atoms with Gasteiger partial charge < -0.3 is 9.80 Å². The summed E-state index contributed by atoms with van der Waals surface area (Å²) in [7, 11) is 3.59. The topological polar surface area (TPSA) is 61.7 Å². The molecular weight excluding hydrogens is 330 g/mol. The van der Waals surface area contributed by atoms with Crippen molar-refractivity contribution in [2.45, 2.75) is 45.7 Å². The monoisotopic (exact) mass is 361 g/mol. The standard InChI is InChI=1S/C19H31N5O2/c1-5-8-23-12-17(14(2)20-23)19(26)24-10-15-6-7-16(24)11-22(9-15)13-18(25)21(3)4/h12,15-16H,5-11,13H2,1-4H3/t15-,16+/m0/s1. The highest BCUT2D eigenvalue weighted by atomic mass is 16.2. The van der Waals surface area contributed by atoms with Gasteiger partial charge in [-0.2, -0.15) is 5.10 Å². The molecule has 0 spiro atoms. The van der Waals surface area contributed by atoms with Crippen molar-refractivity contribution in [3.8, 4) is 0 Å². The van der Waals surface area contributed by atoms with Gasteiger partial charge in [0.1, 0.15) is 0 Å². The number of rotatable bonds is 5. The van der Waals surface area contributed by atoms with Crippen LogP contribution < -0.4 is 0 Å². The minimum absolute atomic E-state index is 0.0975. The second-order valence-corrected chi connectivity index (χ2v) is 7.93. The number of aryl methyl sites for hydroxylation is 2. The lowest BCUT2D eigenvalue weighted by Crippen LogP contribution is -2.48. The number of likely N-dealkylation sites (N-methyl/N-ethyl adjacent to an activating group) is 1. The van der Waals surface area contributed by atoms with Crippen LogP contribution in [0.4, 0.5) is 0 Å². The number of amides is 2. The molecule has 144 valence electrons. The largest absolute Gasteiger partial charge is 0.348 e. The fourth-order valence-electron chi connectivity index (χ4n) is 4.12. The molecule has 2 bridgehead atoms. The molecule has 2 atom stereocenters. The van der Waals surface area contributed by atoms with Gasteiger partial charge in [-0.25, -0.2) is 0 Å². The summed E-state index contributed by atoms with van der Waals surface area (Å²) in [6.07, 6.45) is 5.05. The van der Waals surface area contributed by atoms with Crippen LogP contribution in [0.15, 0.2) is 6.20 Å². The Balaban J connectivity index is 1.73. The van der Waals surface area contributed by atoms with Gasteiger partial charge in [0, 0.05) is 52.5 Å². The molecule has 4 rings (SSSR count). The maximum Gasteiger partial charge on any atom is 0.257 e. The molecular formula is C19H31N5O2. The summed E-state index contributed by atoms with van der Waals surface area (Å²) in [5.41, 5.74) is 1.53. The summed E-state index contributed by atoms with van der Waals surface area (Å²) in [5, 5.41) is 4.48. The molecule has 1 aromatic rings. The van der Waals surface area contributed by atoms with Crippen LogP contribution in [-0.4, -0.2) is 82.6 Å². The molecule has 0 unspecified atom stereocenters. The second-order valence-electron chi connectivity index (χ2n) is 7.93. The van der Waals surface area contributed by atoms with E-state index in [4.69, 9.17) is 0 Å². The van der Waals surface area contributed by atoms with Crippen LogP contribution in [0.3, 0.4) is 0 Å². The van der Waals surface area contributed by atoms with Crippen molar-refractivity contribution in [3.05, 3.63) is 17.5 Å². The predicted molar refractivity (Wildman–Crippen MR) is 99.9 cm³/mol. The third-order valence-corrected chi connectivity index (χ3v) is 5.54. The van der Waals surface area contributed by atoms with E-state index in [1.54, 1.807) is 19.0 Å². The van der Waals surface area contributed by atoms with Gasteiger partial charge in [-0.1, -0.05) is 6.92 Å². The van der Waals surface area contributed by atoms with Crippen LogP contribution in [0, 0.1) is 12.8 Å². The minimum atomic E-state index is 0.0975. The molecule has 7 nitrogen and oxygen atoms in total. The van der Waals surface area contributed by atoms with Crippen LogP contribution in [0.1, 0.15) is 42.2 Å². The molecule has 4 heterocycles. The zero-order chi connectivity index (χ0) is 18.8. The van der Waals surface area contributed by atoms with Crippen molar-refractivity contribution in [1.82, 2.24) is 24.5 Å². The molecule has 3 fully saturated rings. The van der Waals surface area contributed by atoms with Crippen LogP contribution in [0.5, 0.6) is 0 Å². The Labute approximate surface area is 155 Å². The van der Waals surface area contributed by atoms with Crippen molar-refractivity contribution in [1.29, 1.82) is 0 Å². The maximum absolute atomic E-state index is 13.2. The van der Waals surface area contributed by atoms with E-state index in [0.29, 0.717) is 12.5 Å². The fourth-order valence-corrected chi connectivity index (χ4v) is 4.12. The Hall–Kier alpha value is -1.89. The van der Waals surface area contributed by atoms with Crippen LogP contribution in [0.25, 0.3) is 0 Å². The molecule has 26 heavy (non-hydrogen) atoms. The van der Waals surface area contributed by atoms with Crippen molar-refractivity contribution in [3.63, 3.8) is 0 Å². The van der Waals surface area contributed by atoms with Gasteiger partial charge in [0.05, 0.1) is 17.8 Å². The Morgan fingerprint density at radius 1 is 1.23 bits per heavy atom. The Morgan fingerprint density at radius 2 is 2.00 bits per heavy atom. The summed E-state index contributed by atoms with van der Waals surface area (Å²) < 4.78 is 1.88. The lowest BCUT2D eigenvalue weighted by atomic mass is 9.94. The van der Waals surface area contributed by atoms with Gasteiger partial charge in [-0.15, -0.1) is 0 Å². The molecule has 1 aromatic heterocycles. The average Bonchev–Trinajstić information content (AvgIpc) is 2.76. The third-order valence-electron chi connectivity index (χ3n) is 5.54. The quantitative estimate of drug-likeness (QED) is 0.791. The molecule has 3 saturated heterocycles. The van der Waals surface area contributed by atoms with Gasteiger partial charge in [-0.3, -0.25) is 19.2 Å². The zero-order valence-electron chi connectivity index (χ0n) is 16.4. The molecule has 3 aliphatic rings. The van der Waals surface area contributed by atoms with Crippen LogP contribution in [-0.2, 0) is 11.3 Å². The molecule has 0 N–H and O–H groups in total. The Morgan fingerprint density at radius 3 is 2.69 bits per heavy atom. The van der Waals surface area contributed by atoms with Gasteiger partial charge in [-0.05, 0) is 32.1 Å². The number of carbonyl (C=O) groups is 2. The molecule has 0 radical (unpaired) electrons. The van der Waals surface area contributed by atoms with Crippen LogP contribution in [0.2, 0.25) is 0 Å². The lowest BCUT2D eigenvalue weighted by molar-refractivity contribution is -0.129. The van der Waals surface area contributed by atoms with E-state index >= 15 is 0 Å². The third kappa shape index (κ3) is 3.92. The molecule has 0 aromatic carbocycles. The average molecular weight is 361 g/mol. The number of fused-ring (bicyclic) bond motifs is 4. The Kier molecular flexibility index (Phi) is 5.65. The van der Waals surface area contributed by atoms with Gasteiger partial charge >= 0.3 is 0 Å². The number of hydrogen-bond acceptors (Lipinski definition) is 4. The van der Waals surface area contributed by atoms with E-state index in [9.17, 15) is 9.59 Å². The summed E-state index contributed by atoms with van der Waals surface area (Å²) in [5.74, 6) is 0.667. The molecule has 7 heteroatoms. The smallest absolute Gasteiger partial charge is 0.257 e. The van der Waals surface area contributed by atoms with E-state index < -0.39 is 0 Å². The molecule has 0 aliphatic carbocycles. The first kappa shape index (κ1) is 18.9. The van der Waals surface area contributed by atoms with Crippen molar-refractivity contribution < 1.29 is 9.59 Å². The van der Waals surface area contributed by atoms with E-state index in [-0.39, 0.29) is 17.9 Å². The normalized spacial score (nSPS) is 23.2. The first-order chi connectivity index (χ1) is 12.4. The first-order valence-corrected chi connectivity index (χ1v) is 9.66. The Bertz CT molecular complexity index is 669. The first-order valence-electron chi connectivity index (χ1n) is 9.66. The fraction of sp³-hybridized carbons (Fsp3) is 0.737. The minimum Gasteiger partial charge on any atom is -0.348 e. The SMILES string of the molecule is CCCn1cc(C(=O)N2C[C@H]3CC[C@@H]2CN(CC(=O)N(C)C)C3)c(C)n1. The summed E-state index contributed by atoms with van der Waals surface area (Å²) in [6, 6.07) is 0.185. The molecule has 0 saturated carbocycles. The maximum atomic E-state index is 13.2. The molecule has 2 amide bonds. The van der Waals surface area contributed by atoms with Crippen LogP contribution >= 0.6 is 0 Å². The van der Waals surface area contributed by atoms with E-state index in [2.05, 4.69) is 16.9 Å². The highest BCUT2D eigenvalue weighted by Gasteiger charge is 2.38. The second kappa shape index (κ2) is 7.78. The summed E-state index contributed by atoms with van der Waals surface area (Å²) >= 11 is 0. The van der Waals surface area contributed by atoms with Gasteiger partial charge in [0.25, 0.3) is 5.91 Å². The number of aromatic nitrogens is 2. The number of carbonyl (C=O) groups excluding carboxylic acids is 2. The highest BCUT2D eigenvalue weighted by Crippen LogP contribution is 2.29. The summed E-state index contributed by atoms with van der Waals surface area (Å²) in [4.78, 5) is 31.2. The number of piperidine rings is 1. The van der Waals surface area contributed by atoms with Crippen molar-refractivity contribution in [2.75, 3.05) is 40.3 Å². The predicted octanol–water partition coefficient (Wildman–Crippen LogP) is 1.23. The lowest BCUT2D eigenvalue weighted by Gasteiger charge is -2.36. The zero-order valence-corrected chi connectivity index (χ0v) is 16.4.